The number of non-ortho nitro benzene ring substituents is 1. The molecule has 10 nitrogen and oxygen atoms in total. The fraction of sp³-hybridized carbons (Fsp3) is 0.103. The summed E-state index contributed by atoms with van der Waals surface area (Å²) >= 11 is 0. The summed E-state index contributed by atoms with van der Waals surface area (Å²) in [6.07, 6.45) is 2.56. The van der Waals surface area contributed by atoms with E-state index in [-0.39, 0.29) is 30.1 Å². The van der Waals surface area contributed by atoms with Crippen LogP contribution in [-0.4, -0.2) is 31.7 Å². The fourth-order valence-electron chi connectivity index (χ4n) is 3.77. The van der Waals surface area contributed by atoms with Crippen LogP contribution >= 0.6 is 0 Å². The maximum absolute atomic E-state index is 13.0. The van der Waals surface area contributed by atoms with E-state index in [0.29, 0.717) is 11.3 Å². The van der Waals surface area contributed by atoms with E-state index in [9.17, 15) is 23.3 Å². The molecule has 0 bridgehead atoms. The summed E-state index contributed by atoms with van der Waals surface area (Å²) in [5.74, 6) is 0.0318. The van der Waals surface area contributed by atoms with Gasteiger partial charge in [-0.1, -0.05) is 42.5 Å². The molecule has 11 heteroatoms. The van der Waals surface area contributed by atoms with Crippen molar-refractivity contribution in [3.63, 3.8) is 0 Å². The molecule has 4 aromatic rings. The van der Waals surface area contributed by atoms with E-state index in [1.54, 1.807) is 60.7 Å². The Morgan fingerprint density at radius 1 is 0.925 bits per heavy atom. The van der Waals surface area contributed by atoms with Gasteiger partial charge in [0.2, 0.25) is 10.0 Å². The van der Waals surface area contributed by atoms with Crippen molar-refractivity contribution in [2.75, 3.05) is 10.6 Å². The third-order valence-electron chi connectivity index (χ3n) is 5.80. The molecular weight excluding hydrogens is 532 g/mol. The van der Waals surface area contributed by atoms with Gasteiger partial charge in [0.1, 0.15) is 12.4 Å². The van der Waals surface area contributed by atoms with Gasteiger partial charge in [-0.25, -0.2) is 13.8 Å². The highest BCUT2D eigenvalue weighted by atomic mass is 32.2. The predicted molar refractivity (Wildman–Crippen MR) is 153 cm³/mol. The summed E-state index contributed by atoms with van der Waals surface area (Å²) in [6, 6.07) is 28.7. The van der Waals surface area contributed by atoms with Gasteiger partial charge < -0.3 is 4.74 Å². The van der Waals surface area contributed by atoms with E-state index in [4.69, 9.17) is 4.74 Å². The van der Waals surface area contributed by atoms with Crippen molar-refractivity contribution in [3.05, 3.63) is 135 Å². The second-order valence-electron chi connectivity index (χ2n) is 8.75. The molecule has 0 aliphatic rings. The average molecular weight is 559 g/mol. The number of hydrogen-bond acceptors (Lipinski definition) is 7. The van der Waals surface area contributed by atoms with Crippen molar-refractivity contribution in [1.82, 2.24) is 5.43 Å². The number of hydrogen-bond donors (Lipinski definition) is 1. The standard InChI is InChI=1S/C29H26N4O6S/c1-40(37,38)32(20-23-7-3-2-4-8-23)28-10-6-5-9-27(28)29(34)31-30-19-22-13-17-26(18-14-22)39-21-24-11-15-25(16-12-24)33(35)36/h2-19H,20-21H2,1H3,(H,31,34)/b30-19+. The van der Waals surface area contributed by atoms with Crippen LogP contribution in [0.15, 0.2) is 108 Å². The van der Waals surface area contributed by atoms with Gasteiger partial charge in [0, 0.05) is 12.1 Å². The maximum Gasteiger partial charge on any atom is 0.273 e. The molecule has 0 heterocycles. The zero-order valence-corrected chi connectivity index (χ0v) is 22.3. The number of nitrogens with one attached hydrogen (secondary N) is 1. The number of para-hydroxylation sites is 1. The maximum atomic E-state index is 13.0. The number of nitrogens with zero attached hydrogens (tertiary/aromatic N) is 3. The minimum absolute atomic E-state index is 0.0166. The van der Waals surface area contributed by atoms with Gasteiger partial charge in [0.05, 0.1) is 35.2 Å². The molecule has 0 spiro atoms. The van der Waals surface area contributed by atoms with Crippen molar-refractivity contribution >= 4 is 33.5 Å². The van der Waals surface area contributed by atoms with E-state index in [0.717, 1.165) is 17.4 Å². The number of carbonyl (C=O) groups excluding carboxylic acids is 1. The molecule has 4 aromatic carbocycles. The van der Waals surface area contributed by atoms with E-state index < -0.39 is 20.9 Å². The number of carbonyl (C=O) groups is 1. The van der Waals surface area contributed by atoms with Crippen molar-refractivity contribution in [2.45, 2.75) is 13.2 Å². The van der Waals surface area contributed by atoms with Crippen LogP contribution in [0.1, 0.15) is 27.0 Å². The molecular formula is C29H26N4O6S. The molecule has 0 unspecified atom stereocenters. The van der Waals surface area contributed by atoms with E-state index in [2.05, 4.69) is 10.5 Å². The lowest BCUT2D eigenvalue weighted by atomic mass is 10.1. The first-order chi connectivity index (χ1) is 19.2. The number of nitro groups is 1. The van der Waals surface area contributed by atoms with Crippen molar-refractivity contribution in [2.24, 2.45) is 5.10 Å². The summed E-state index contributed by atoms with van der Waals surface area (Å²) < 4.78 is 32.2. The summed E-state index contributed by atoms with van der Waals surface area (Å²) in [5.41, 5.74) is 5.15. The minimum Gasteiger partial charge on any atom is -0.489 e. The van der Waals surface area contributed by atoms with Crippen molar-refractivity contribution in [1.29, 1.82) is 0 Å². The Labute approximate surface area is 231 Å². The first-order valence-electron chi connectivity index (χ1n) is 12.1. The fourth-order valence-corrected chi connectivity index (χ4v) is 4.67. The SMILES string of the molecule is CS(=O)(=O)N(Cc1ccccc1)c1ccccc1C(=O)N/N=C/c1ccc(OCc2ccc([N+](=O)[O-])cc2)cc1. The Balaban J connectivity index is 1.39. The quantitative estimate of drug-likeness (QED) is 0.158. The lowest BCUT2D eigenvalue weighted by molar-refractivity contribution is -0.384. The third-order valence-corrected chi connectivity index (χ3v) is 6.93. The molecule has 40 heavy (non-hydrogen) atoms. The lowest BCUT2D eigenvalue weighted by Gasteiger charge is -2.24. The average Bonchev–Trinajstić information content (AvgIpc) is 2.95. The summed E-state index contributed by atoms with van der Waals surface area (Å²) in [7, 11) is -3.69. The van der Waals surface area contributed by atoms with Gasteiger partial charge >= 0.3 is 0 Å². The van der Waals surface area contributed by atoms with Crippen molar-refractivity contribution in [3.8, 4) is 5.75 Å². The molecule has 0 aromatic heterocycles. The van der Waals surface area contributed by atoms with E-state index in [1.165, 1.54) is 22.7 Å². The highest BCUT2D eigenvalue weighted by Crippen LogP contribution is 2.25. The highest BCUT2D eigenvalue weighted by Gasteiger charge is 2.23. The van der Waals surface area contributed by atoms with Crippen molar-refractivity contribution < 1.29 is 22.9 Å². The number of ether oxygens (including phenoxy) is 1. The van der Waals surface area contributed by atoms with Crippen LogP contribution in [0, 0.1) is 10.1 Å². The number of hydrazone groups is 1. The van der Waals surface area contributed by atoms with E-state index in [1.807, 2.05) is 30.3 Å². The van der Waals surface area contributed by atoms with Gasteiger partial charge in [-0.3, -0.25) is 19.2 Å². The Morgan fingerprint density at radius 3 is 2.23 bits per heavy atom. The van der Waals surface area contributed by atoms with Crippen LogP contribution < -0.4 is 14.5 Å². The number of rotatable bonds is 11. The number of sulfonamides is 1. The molecule has 0 fully saturated rings. The normalized spacial score (nSPS) is 11.2. The molecule has 0 saturated heterocycles. The minimum atomic E-state index is -3.69. The van der Waals surface area contributed by atoms with E-state index >= 15 is 0 Å². The predicted octanol–water partition coefficient (Wildman–Crippen LogP) is 4.90. The molecule has 204 valence electrons. The summed E-state index contributed by atoms with van der Waals surface area (Å²) in [4.78, 5) is 23.3. The third kappa shape index (κ3) is 7.51. The Morgan fingerprint density at radius 2 is 1.57 bits per heavy atom. The molecule has 0 saturated carbocycles. The van der Waals surface area contributed by atoms with Gasteiger partial charge in [0.25, 0.3) is 11.6 Å². The Hall–Kier alpha value is -5.03. The number of anilines is 1. The molecule has 1 N–H and O–H groups in total. The van der Waals surface area contributed by atoms with Gasteiger partial charge in [-0.05, 0) is 65.2 Å². The summed E-state index contributed by atoms with van der Waals surface area (Å²) in [5, 5.41) is 14.8. The largest absolute Gasteiger partial charge is 0.489 e. The van der Waals surface area contributed by atoms with Crippen LogP contribution in [0.3, 0.4) is 0 Å². The first-order valence-corrected chi connectivity index (χ1v) is 14.0. The Bertz CT molecular complexity index is 1610. The highest BCUT2D eigenvalue weighted by molar-refractivity contribution is 7.92. The number of amides is 1. The molecule has 4 rings (SSSR count). The smallest absolute Gasteiger partial charge is 0.273 e. The number of nitro benzene ring substituents is 1. The molecule has 0 radical (unpaired) electrons. The number of benzene rings is 4. The van der Waals surface area contributed by atoms with Crippen LogP contribution in [0.5, 0.6) is 5.75 Å². The monoisotopic (exact) mass is 558 g/mol. The van der Waals surface area contributed by atoms with Crippen LogP contribution in [0.4, 0.5) is 11.4 Å². The van der Waals surface area contributed by atoms with Gasteiger partial charge in [-0.15, -0.1) is 0 Å². The second-order valence-corrected chi connectivity index (χ2v) is 10.7. The zero-order chi connectivity index (χ0) is 28.5. The molecule has 0 atom stereocenters. The zero-order valence-electron chi connectivity index (χ0n) is 21.5. The Kier molecular flexibility index (Phi) is 8.87. The first kappa shape index (κ1) is 28.0. The van der Waals surface area contributed by atoms with Gasteiger partial charge in [-0.2, -0.15) is 5.10 Å². The lowest BCUT2D eigenvalue weighted by Crippen LogP contribution is -2.32. The van der Waals surface area contributed by atoms with Crippen LogP contribution in [0.25, 0.3) is 0 Å². The summed E-state index contributed by atoms with van der Waals surface area (Å²) in [6.45, 7) is 0.321. The topological polar surface area (TPSA) is 131 Å². The second kappa shape index (κ2) is 12.7. The van der Waals surface area contributed by atoms with Gasteiger partial charge in [0.15, 0.2) is 0 Å². The van der Waals surface area contributed by atoms with Crippen LogP contribution in [0.2, 0.25) is 0 Å². The molecule has 0 aliphatic heterocycles. The van der Waals surface area contributed by atoms with Crippen LogP contribution in [-0.2, 0) is 23.2 Å². The molecule has 1 amide bonds. The molecule has 0 aliphatic carbocycles.